The van der Waals surface area contributed by atoms with E-state index in [1.54, 1.807) is 0 Å². The number of rotatable bonds is 7. The first-order valence-electron chi connectivity index (χ1n) is 4.67. The average Bonchev–Trinajstić information content (AvgIpc) is 2.00. The number of nitrogens with zero attached hydrogens (tertiary/aromatic N) is 1. The molecule has 5 nitrogen and oxygen atoms in total. The summed E-state index contributed by atoms with van der Waals surface area (Å²) in [5.41, 5.74) is 5.07. The first kappa shape index (κ1) is 12.9. The van der Waals surface area contributed by atoms with Crippen molar-refractivity contribution in [1.82, 2.24) is 4.90 Å². The largest absolute Gasteiger partial charge is 0.481 e. The van der Waals surface area contributed by atoms with Crippen molar-refractivity contribution in [3.8, 4) is 0 Å². The first-order chi connectivity index (χ1) is 6.43. The van der Waals surface area contributed by atoms with Gasteiger partial charge in [-0.05, 0) is 26.8 Å². The van der Waals surface area contributed by atoms with Crippen LogP contribution in [0.15, 0.2) is 0 Å². The van der Waals surface area contributed by atoms with Crippen molar-refractivity contribution in [3.05, 3.63) is 0 Å². The molecule has 0 aliphatic rings. The van der Waals surface area contributed by atoms with Gasteiger partial charge < -0.3 is 10.8 Å². The first-order valence-corrected chi connectivity index (χ1v) is 4.67. The zero-order valence-electron chi connectivity index (χ0n) is 8.69. The number of amides is 1. The predicted molar refractivity (Wildman–Crippen MR) is 52.8 cm³/mol. The van der Waals surface area contributed by atoms with Crippen molar-refractivity contribution in [1.29, 1.82) is 0 Å². The molecule has 1 amide bonds. The summed E-state index contributed by atoms with van der Waals surface area (Å²) in [7, 11) is 0. The summed E-state index contributed by atoms with van der Waals surface area (Å²) < 4.78 is 0. The molecule has 0 fully saturated rings. The van der Waals surface area contributed by atoms with Crippen molar-refractivity contribution < 1.29 is 14.7 Å². The Morgan fingerprint density at radius 2 is 2.00 bits per heavy atom. The Bertz CT molecular complexity index is 204. The summed E-state index contributed by atoms with van der Waals surface area (Å²) in [6, 6.07) is 0.205. The van der Waals surface area contributed by atoms with Crippen molar-refractivity contribution >= 4 is 11.9 Å². The van der Waals surface area contributed by atoms with Gasteiger partial charge in [-0.2, -0.15) is 0 Å². The summed E-state index contributed by atoms with van der Waals surface area (Å²) in [5.74, 6) is -1.19. The van der Waals surface area contributed by atoms with Crippen molar-refractivity contribution in [2.24, 2.45) is 5.73 Å². The Hall–Kier alpha value is -1.10. The highest BCUT2D eigenvalue weighted by Gasteiger charge is 2.11. The minimum Gasteiger partial charge on any atom is -0.481 e. The Morgan fingerprint density at radius 3 is 2.36 bits per heavy atom. The SMILES string of the molecule is CC(C)N(CCCC(=O)O)CC(N)=O. The van der Waals surface area contributed by atoms with Crippen LogP contribution in [-0.4, -0.2) is 41.0 Å². The van der Waals surface area contributed by atoms with Gasteiger partial charge in [-0.3, -0.25) is 14.5 Å². The molecular weight excluding hydrogens is 184 g/mol. The van der Waals surface area contributed by atoms with Gasteiger partial charge in [0.1, 0.15) is 0 Å². The lowest BCUT2D eigenvalue weighted by Gasteiger charge is -2.24. The van der Waals surface area contributed by atoms with E-state index in [0.717, 1.165) is 0 Å². The third kappa shape index (κ3) is 6.42. The zero-order chi connectivity index (χ0) is 11.1. The molecule has 0 unspecified atom stereocenters. The molecule has 5 heteroatoms. The Morgan fingerprint density at radius 1 is 1.43 bits per heavy atom. The molecule has 0 spiro atoms. The van der Waals surface area contributed by atoms with E-state index in [2.05, 4.69) is 0 Å². The molecule has 0 saturated carbocycles. The van der Waals surface area contributed by atoms with E-state index >= 15 is 0 Å². The molecule has 0 aromatic carbocycles. The third-order valence-corrected chi connectivity index (χ3v) is 1.93. The molecule has 0 aliphatic heterocycles. The monoisotopic (exact) mass is 202 g/mol. The number of aliphatic carboxylic acids is 1. The Labute approximate surface area is 83.9 Å². The van der Waals surface area contributed by atoms with Crippen LogP contribution < -0.4 is 5.73 Å². The van der Waals surface area contributed by atoms with E-state index in [0.29, 0.717) is 13.0 Å². The molecule has 0 bridgehead atoms. The molecule has 14 heavy (non-hydrogen) atoms. The lowest BCUT2D eigenvalue weighted by molar-refractivity contribution is -0.137. The molecular formula is C9H18N2O3. The third-order valence-electron chi connectivity index (χ3n) is 1.93. The van der Waals surface area contributed by atoms with Gasteiger partial charge >= 0.3 is 5.97 Å². The fourth-order valence-electron chi connectivity index (χ4n) is 1.15. The standard InChI is InChI=1S/C9H18N2O3/c1-7(2)11(6-8(10)12)5-3-4-9(13)14/h7H,3-6H2,1-2H3,(H2,10,12)(H,13,14). The van der Waals surface area contributed by atoms with E-state index in [4.69, 9.17) is 10.8 Å². The predicted octanol–water partition coefficient (Wildman–Crippen LogP) is 0.0469. The van der Waals surface area contributed by atoms with E-state index < -0.39 is 5.97 Å². The lowest BCUT2D eigenvalue weighted by Crippen LogP contribution is -2.39. The number of carbonyl (C=O) groups excluding carboxylic acids is 1. The number of carboxylic acids is 1. The summed E-state index contributed by atoms with van der Waals surface area (Å²) in [6.45, 7) is 4.68. The molecule has 0 saturated heterocycles. The number of hydrogen-bond acceptors (Lipinski definition) is 3. The molecule has 0 aromatic rings. The van der Waals surface area contributed by atoms with Crippen LogP contribution in [0.4, 0.5) is 0 Å². The van der Waals surface area contributed by atoms with Gasteiger partial charge in [0.25, 0.3) is 0 Å². The highest BCUT2D eigenvalue weighted by atomic mass is 16.4. The average molecular weight is 202 g/mol. The smallest absolute Gasteiger partial charge is 0.303 e. The summed E-state index contributed by atoms with van der Waals surface area (Å²) in [6.07, 6.45) is 0.669. The maximum atomic E-state index is 10.7. The van der Waals surface area contributed by atoms with Gasteiger partial charge in [-0.25, -0.2) is 0 Å². The summed E-state index contributed by atoms with van der Waals surface area (Å²) in [5, 5.41) is 8.44. The van der Waals surface area contributed by atoms with Crippen LogP contribution in [0.3, 0.4) is 0 Å². The molecule has 0 rings (SSSR count). The second-order valence-corrected chi connectivity index (χ2v) is 3.53. The number of primary amides is 1. The molecule has 3 N–H and O–H groups in total. The minimum absolute atomic E-state index is 0.127. The summed E-state index contributed by atoms with van der Waals surface area (Å²) >= 11 is 0. The maximum absolute atomic E-state index is 10.7. The van der Waals surface area contributed by atoms with Crippen LogP contribution in [-0.2, 0) is 9.59 Å². The van der Waals surface area contributed by atoms with Gasteiger partial charge in [0.05, 0.1) is 6.54 Å². The van der Waals surface area contributed by atoms with Gasteiger partial charge in [0, 0.05) is 12.5 Å². The number of nitrogens with two attached hydrogens (primary N) is 1. The van der Waals surface area contributed by atoms with Crippen molar-refractivity contribution in [3.63, 3.8) is 0 Å². The lowest BCUT2D eigenvalue weighted by atomic mass is 10.2. The van der Waals surface area contributed by atoms with Crippen LogP contribution in [0.2, 0.25) is 0 Å². The van der Waals surface area contributed by atoms with Crippen LogP contribution in [0.1, 0.15) is 26.7 Å². The van der Waals surface area contributed by atoms with Crippen molar-refractivity contribution in [2.45, 2.75) is 32.7 Å². The Balaban J connectivity index is 3.85. The van der Waals surface area contributed by atoms with Gasteiger partial charge in [0.15, 0.2) is 0 Å². The zero-order valence-corrected chi connectivity index (χ0v) is 8.69. The minimum atomic E-state index is -0.812. The second kappa shape index (κ2) is 6.37. The van der Waals surface area contributed by atoms with Crippen LogP contribution >= 0.6 is 0 Å². The van der Waals surface area contributed by atoms with Crippen molar-refractivity contribution in [2.75, 3.05) is 13.1 Å². The number of carbonyl (C=O) groups is 2. The van der Waals surface area contributed by atoms with E-state index in [9.17, 15) is 9.59 Å². The number of hydrogen-bond donors (Lipinski definition) is 2. The second-order valence-electron chi connectivity index (χ2n) is 3.53. The fourth-order valence-corrected chi connectivity index (χ4v) is 1.15. The molecule has 0 heterocycles. The Kier molecular flexibility index (Phi) is 5.87. The van der Waals surface area contributed by atoms with Crippen LogP contribution in [0, 0.1) is 0 Å². The normalized spacial score (nSPS) is 10.9. The molecule has 0 radical (unpaired) electrons. The molecule has 0 aliphatic carbocycles. The maximum Gasteiger partial charge on any atom is 0.303 e. The summed E-state index contributed by atoms with van der Waals surface area (Å²) in [4.78, 5) is 22.8. The molecule has 0 aromatic heterocycles. The van der Waals surface area contributed by atoms with E-state index in [-0.39, 0.29) is 24.9 Å². The topological polar surface area (TPSA) is 83.6 Å². The van der Waals surface area contributed by atoms with E-state index in [1.165, 1.54) is 0 Å². The number of carboxylic acid groups (broad SMARTS) is 1. The van der Waals surface area contributed by atoms with Gasteiger partial charge in [0.2, 0.25) is 5.91 Å². The highest BCUT2D eigenvalue weighted by Crippen LogP contribution is 2.00. The van der Waals surface area contributed by atoms with Crippen LogP contribution in [0.25, 0.3) is 0 Å². The van der Waals surface area contributed by atoms with Crippen LogP contribution in [0.5, 0.6) is 0 Å². The quantitative estimate of drug-likeness (QED) is 0.611. The highest BCUT2D eigenvalue weighted by molar-refractivity contribution is 5.75. The van der Waals surface area contributed by atoms with Gasteiger partial charge in [-0.1, -0.05) is 0 Å². The van der Waals surface area contributed by atoms with E-state index in [1.807, 2.05) is 18.7 Å². The fraction of sp³-hybridized carbons (Fsp3) is 0.778. The molecule has 0 atom stereocenters. The molecule has 82 valence electrons. The van der Waals surface area contributed by atoms with Gasteiger partial charge in [-0.15, -0.1) is 0 Å².